The van der Waals surface area contributed by atoms with Crippen LogP contribution in [0.25, 0.3) is 11.2 Å². The Morgan fingerprint density at radius 1 is 1.39 bits per heavy atom. The fraction of sp³-hybridized carbons (Fsp3) is 0.583. The third kappa shape index (κ3) is 5.22. The molecule has 0 amide bonds. The van der Waals surface area contributed by atoms with E-state index in [2.05, 4.69) is 15.0 Å². The van der Waals surface area contributed by atoms with Crippen LogP contribution in [0.4, 0.5) is 5.82 Å². The summed E-state index contributed by atoms with van der Waals surface area (Å²) in [6.07, 6.45) is 2.53. The summed E-state index contributed by atoms with van der Waals surface area (Å²) < 4.78 is 28.5. The van der Waals surface area contributed by atoms with Gasteiger partial charge >= 0.3 is 7.60 Å². The van der Waals surface area contributed by atoms with E-state index in [0.29, 0.717) is 30.1 Å². The molecule has 0 saturated heterocycles. The molecule has 0 bridgehead atoms. The van der Waals surface area contributed by atoms with Crippen LogP contribution in [0.1, 0.15) is 0 Å². The molecule has 0 radical (unpaired) electrons. The molecule has 1 unspecified atom stereocenters. The molecule has 10 nitrogen and oxygen atoms in total. The third-order valence-electron chi connectivity index (χ3n) is 2.97. The van der Waals surface area contributed by atoms with Crippen LogP contribution in [0.5, 0.6) is 0 Å². The van der Waals surface area contributed by atoms with Gasteiger partial charge in [0.15, 0.2) is 11.5 Å². The molecule has 128 valence electrons. The van der Waals surface area contributed by atoms with E-state index in [4.69, 9.17) is 24.6 Å². The maximum Gasteiger partial charge on any atom is 0.325 e. The Hall–Kier alpha value is -1.58. The van der Waals surface area contributed by atoms with Gasteiger partial charge in [-0.3, -0.25) is 4.57 Å². The molecular formula is C12H20N5O5P. The minimum absolute atomic E-state index is 0.0298. The fourth-order valence-electron chi connectivity index (χ4n) is 1.93. The van der Waals surface area contributed by atoms with E-state index in [9.17, 15) is 4.57 Å². The van der Waals surface area contributed by atoms with Crippen LogP contribution < -0.4 is 5.73 Å². The second kappa shape index (κ2) is 7.80. The number of nitrogens with two attached hydrogens (primary N) is 1. The minimum atomic E-state index is -3.54. The lowest BCUT2D eigenvalue weighted by atomic mass is 10.4. The number of fused-ring (bicyclic) bond motifs is 1. The standard InChI is InChI=1S/C12H20N5O5P/c1-20-5-9(6-22-23(2,18)19)21-4-3-17-8-16-10-11(13)14-7-15-12(10)17/h7-9H,3-6H2,1-2H3,(H,18,19)(H2,13,14,15)/t9-/m1/s1. The lowest BCUT2D eigenvalue weighted by Crippen LogP contribution is -2.26. The maximum absolute atomic E-state index is 11.2. The molecule has 3 N–H and O–H groups in total. The number of nitrogens with zero attached hydrogens (tertiary/aromatic N) is 4. The van der Waals surface area contributed by atoms with Crippen LogP contribution in [0.3, 0.4) is 0 Å². The quantitative estimate of drug-likeness (QED) is 0.614. The van der Waals surface area contributed by atoms with Crippen molar-refractivity contribution in [2.45, 2.75) is 12.6 Å². The summed E-state index contributed by atoms with van der Waals surface area (Å²) in [5.41, 5.74) is 6.88. The van der Waals surface area contributed by atoms with E-state index in [-0.39, 0.29) is 13.2 Å². The molecular weight excluding hydrogens is 325 g/mol. The monoisotopic (exact) mass is 345 g/mol. The Morgan fingerprint density at radius 3 is 2.87 bits per heavy atom. The Balaban J connectivity index is 1.90. The molecule has 23 heavy (non-hydrogen) atoms. The number of nitrogen functional groups attached to an aromatic ring is 1. The first-order chi connectivity index (χ1) is 10.9. The number of imidazole rings is 1. The van der Waals surface area contributed by atoms with E-state index >= 15 is 0 Å². The summed E-state index contributed by atoms with van der Waals surface area (Å²) >= 11 is 0. The zero-order valence-electron chi connectivity index (χ0n) is 13.0. The van der Waals surface area contributed by atoms with Gasteiger partial charge in [-0.1, -0.05) is 0 Å². The normalized spacial score (nSPS) is 15.6. The van der Waals surface area contributed by atoms with Gasteiger partial charge < -0.3 is 29.2 Å². The first kappa shape index (κ1) is 17.8. The number of ether oxygens (including phenoxy) is 2. The molecule has 0 aliphatic carbocycles. The van der Waals surface area contributed by atoms with Gasteiger partial charge in [0.2, 0.25) is 0 Å². The van der Waals surface area contributed by atoms with Crippen molar-refractivity contribution in [3.63, 3.8) is 0 Å². The van der Waals surface area contributed by atoms with Gasteiger partial charge in [-0.05, 0) is 0 Å². The molecule has 11 heteroatoms. The molecule has 0 fully saturated rings. The van der Waals surface area contributed by atoms with Gasteiger partial charge in [0.05, 0.1) is 26.1 Å². The van der Waals surface area contributed by atoms with Crippen molar-refractivity contribution in [2.24, 2.45) is 0 Å². The lowest BCUT2D eigenvalue weighted by Gasteiger charge is -2.18. The van der Waals surface area contributed by atoms with Crippen molar-refractivity contribution < 1.29 is 23.5 Å². The summed E-state index contributed by atoms with van der Waals surface area (Å²) in [4.78, 5) is 21.3. The SMILES string of the molecule is COC[C@H](COP(C)(=O)O)OCCn1cnc2c(N)ncnc21. The van der Waals surface area contributed by atoms with Crippen molar-refractivity contribution >= 4 is 24.6 Å². The predicted octanol–water partition coefficient (Wildman–Crippen LogP) is 0.272. The Bertz CT molecular complexity index is 688. The first-order valence-corrected chi connectivity index (χ1v) is 8.90. The molecule has 2 rings (SSSR count). The van der Waals surface area contributed by atoms with E-state index in [0.717, 1.165) is 6.66 Å². The maximum atomic E-state index is 11.2. The van der Waals surface area contributed by atoms with Crippen LogP contribution in [0, 0.1) is 0 Å². The number of hydrogen-bond donors (Lipinski definition) is 2. The Morgan fingerprint density at radius 2 is 2.17 bits per heavy atom. The van der Waals surface area contributed by atoms with E-state index < -0.39 is 13.7 Å². The van der Waals surface area contributed by atoms with Crippen LogP contribution in [0.15, 0.2) is 12.7 Å². The molecule has 0 spiro atoms. The van der Waals surface area contributed by atoms with Crippen molar-refractivity contribution in [3.8, 4) is 0 Å². The summed E-state index contributed by atoms with van der Waals surface area (Å²) in [7, 11) is -2.03. The molecule has 2 aromatic heterocycles. The number of aromatic nitrogens is 4. The Labute approximate surface area is 133 Å². The van der Waals surface area contributed by atoms with E-state index in [1.54, 1.807) is 10.9 Å². The topological polar surface area (TPSA) is 135 Å². The zero-order valence-corrected chi connectivity index (χ0v) is 13.8. The highest BCUT2D eigenvalue weighted by Crippen LogP contribution is 2.36. The van der Waals surface area contributed by atoms with Gasteiger partial charge in [-0.25, -0.2) is 15.0 Å². The largest absolute Gasteiger partial charge is 0.382 e. The van der Waals surface area contributed by atoms with Crippen LogP contribution in [-0.4, -0.2) is 64.1 Å². The summed E-state index contributed by atoms with van der Waals surface area (Å²) in [5.74, 6) is 0.321. The third-order valence-corrected chi connectivity index (χ3v) is 3.60. The lowest BCUT2D eigenvalue weighted by molar-refractivity contribution is -0.0292. The second-order valence-electron chi connectivity index (χ2n) is 4.92. The summed E-state index contributed by atoms with van der Waals surface area (Å²) in [6, 6.07) is 0. The average molecular weight is 345 g/mol. The van der Waals surface area contributed by atoms with Crippen LogP contribution >= 0.6 is 7.60 Å². The first-order valence-electron chi connectivity index (χ1n) is 6.87. The highest BCUT2D eigenvalue weighted by molar-refractivity contribution is 7.51. The molecule has 2 atom stereocenters. The van der Waals surface area contributed by atoms with Crippen molar-refractivity contribution in [2.75, 3.05) is 39.3 Å². The number of anilines is 1. The van der Waals surface area contributed by atoms with Crippen molar-refractivity contribution in [1.29, 1.82) is 0 Å². The smallest absolute Gasteiger partial charge is 0.325 e. The number of methoxy groups -OCH3 is 1. The molecule has 0 aliphatic rings. The van der Waals surface area contributed by atoms with Crippen LogP contribution in [0.2, 0.25) is 0 Å². The molecule has 0 saturated carbocycles. The molecule has 0 aromatic carbocycles. The second-order valence-corrected chi connectivity index (χ2v) is 6.78. The Kier molecular flexibility index (Phi) is 6.03. The van der Waals surface area contributed by atoms with Gasteiger partial charge in [0, 0.05) is 20.3 Å². The summed E-state index contributed by atoms with van der Waals surface area (Å²) in [6.45, 7) is 2.15. The highest BCUT2D eigenvalue weighted by atomic mass is 31.2. The van der Waals surface area contributed by atoms with Gasteiger partial charge in [0.1, 0.15) is 17.9 Å². The molecule has 2 aromatic rings. The van der Waals surface area contributed by atoms with Crippen molar-refractivity contribution in [1.82, 2.24) is 19.5 Å². The predicted molar refractivity (Wildman–Crippen MR) is 83.1 cm³/mol. The van der Waals surface area contributed by atoms with Gasteiger partial charge in [-0.2, -0.15) is 0 Å². The van der Waals surface area contributed by atoms with Gasteiger partial charge in [0.25, 0.3) is 0 Å². The van der Waals surface area contributed by atoms with E-state index in [1.807, 2.05) is 0 Å². The van der Waals surface area contributed by atoms with E-state index in [1.165, 1.54) is 13.4 Å². The summed E-state index contributed by atoms with van der Waals surface area (Å²) in [5, 5.41) is 0. The van der Waals surface area contributed by atoms with Crippen LogP contribution in [-0.2, 0) is 25.1 Å². The highest BCUT2D eigenvalue weighted by Gasteiger charge is 2.16. The number of rotatable bonds is 9. The number of hydrogen-bond acceptors (Lipinski definition) is 8. The minimum Gasteiger partial charge on any atom is -0.382 e. The fourth-order valence-corrected chi connectivity index (χ4v) is 2.37. The molecule has 0 aliphatic heterocycles. The zero-order chi connectivity index (χ0) is 16.9. The average Bonchev–Trinajstić information content (AvgIpc) is 2.89. The van der Waals surface area contributed by atoms with Crippen molar-refractivity contribution in [3.05, 3.63) is 12.7 Å². The van der Waals surface area contributed by atoms with Gasteiger partial charge in [-0.15, -0.1) is 0 Å². The molecule has 2 heterocycles.